The zero-order valence-corrected chi connectivity index (χ0v) is 35.5. The summed E-state index contributed by atoms with van der Waals surface area (Å²) in [7, 11) is 6.74. The van der Waals surface area contributed by atoms with E-state index in [9.17, 15) is 0 Å². The third kappa shape index (κ3) is 7.34. The summed E-state index contributed by atoms with van der Waals surface area (Å²) in [4.78, 5) is 22.7. The first kappa shape index (κ1) is 38.2. The number of hydrogen-bond donors (Lipinski definition) is 2. The molecule has 0 saturated carbocycles. The molecule has 9 rings (SSSR count). The molecule has 0 saturated heterocycles. The fraction of sp³-hybridized carbons (Fsp3) is 0.184. The highest BCUT2D eigenvalue weighted by Crippen LogP contribution is 2.48. The van der Waals surface area contributed by atoms with Gasteiger partial charge in [-0.15, -0.1) is 22.7 Å². The highest BCUT2D eigenvalue weighted by molar-refractivity contribution is 7.16. The molecule has 0 unspecified atom stereocenters. The van der Waals surface area contributed by atoms with Gasteiger partial charge in [-0.1, -0.05) is 0 Å². The zero-order valence-electron chi connectivity index (χ0n) is 33.9. The number of hydrogen-bond acceptors (Lipinski definition) is 8. The van der Waals surface area contributed by atoms with Crippen molar-refractivity contribution in [3.63, 3.8) is 0 Å². The van der Waals surface area contributed by atoms with Crippen molar-refractivity contribution in [3.05, 3.63) is 130 Å². The van der Waals surface area contributed by atoms with E-state index in [4.69, 9.17) is 28.9 Å². The number of thiophene rings is 2. The van der Waals surface area contributed by atoms with E-state index in [1.807, 2.05) is 48.5 Å². The number of ether oxygens (including phenoxy) is 4. The van der Waals surface area contributed by atoms with E-state index in [0.717, 1.165) is 109 Å². The van der Waals surface area contributed by atoms with Gasteiger partial charge in [-0.3, -0.25) is 0 Å². The molecule has 8 nitrogen and oxygen atoms in total. The third-order valence-corrected chi connectivity index (χ3v) is 13.2. The van der Waals surface area contributed by atoms with Gasteiger partial charge in [0.15, 0.2) is 0 Å². The minimum Gasteiger partial charge on any atom is -0.497 e. The van der Waals surface area contributed by atoms with Gasteiger partial charge in [0.25, 0.3) is 0 Å². The van der Waals surface area contributed by atoms with Gasteiger partial charge >= 0.3 is 0 Å². The fourth-order valence-electron chi connectivity index (χ4n) is 7.96. The van der Waals surface area contributed by atoms with E-state index < -0.39 is 0 Å². The molecule has 10 heteroatoms. The molecule has 0 spiro atoms. The first-order chi connectivity index (χ1) is 28.8. The van der Waals surface area contributed by atoms with Crippen LogP contribution in [0, 0.1) is 13.8 Å². The molecule has 4 heterocycles. The van der Waals surface area contributed by atoms with E-state index >= 15 is 0 Å². The monoisotopic (exact) mass is 816 g/mol. The maximum absolute atomic E-state index is 5.45. The minimum atomic E-state index is 0.809. The predicted octanol–water partition coefficient (Wildman–Crippen LogP) is 13.0. The molecule has 4 aromatic heterocycles. The maximum atomic E-state index is 5.45. The van der Waals surface area contributed by atoms with Gasteiger partial charge in [-0.2, -0.15) is 0 Å². The van der Waals surface area contributed by atoms with Gasteiger partial charge < -0.3 is 28.9 Å². The summed E-state index contributed by atoms with van der Waals surface area (Å²) in [6.07, 6.45) is 3.19. The highest BCUT2D eigenvalue weighted by Gasteiger charge is 2.26. The Morgan fingerprint density at radius 3 is 1.10 bits per heavy atom. The molecule has 0 aliphatic heterocycles. The van der Waals surface area contributed by atoms with Crippen LogP contribution in [0.25, 0.3) is 77.6 Å². The average molecular weight is 817 g/mol. The second kappa shape index (κ2) is 16.1. The molecule has 1 aliphatic carbocycles. The van der Waals surface area contributed by atoms with Crippen LogP contribution in [0.2, 0.25) is 0 Å². The van der Waals surface area contributed by atoms with Gasteiger partial charge in [-0.05, 0) is 165 Å². The number of nitrogens with zero attached hydrogens (tertiary/aromatic N) is 2. The smallest absolute Gasteiger partial charge is 0.148 e. The number of H-pyrrole nitrogens is 2. The average Bonchev–Trinajstić information content (AvgIpc) is 4.14. The first-order valence-corrected chi connectivity index (χ1v) is 21.2. The van der Waals surface area contributed by atoms with Crippen molar-refractivity contribution in [1.82, 2.24) is 19.9 Å². The minimum absolute atomic E-state index is 0.809. The number of rotatable bonds is 12. The van der Waals surface area contributed by atoms with Crippen LogP contribution >= 0.6 is 22.7 Å². The normalized spacial score (nSPS) is 12.6. The van der Waals surface area contributed by atoms with Crippen LogP contribution < -0.4 is 18.9 Å². The van der Waals surface area contributed by atoms with Crippen molar-refractivity contribution in [3.8, 4) is 89.4 Å². The van der Waals surface area contributed by atoms with Crippen molar-refractivity contribution in [1.29, 1.82) is 0 Å². The lowest BCUT2D eigenvalue weighted by Gasteiger charge is -2.07. The lowest BCUT2D eigenvalue weighted by molar-refractivity contribution is 0.414. The quantitative estimate of drug-likeness (QED) is 0.128. The van der Waals surface area contributed by atoms with Gasteiger partial charge in [0.1, 0.15) is 34.6 Å². The lowest BCUT2D eigenvalue weighted by Crippen LogP contribution is -1.87. The van der Waals surface area contributed by atoms with Crippen LogP contribution in [0.5, 0.6) is 23.0 Å². The van der Waals surface area contributed by atoms with E-state index in [0.29, 0.717) is 0 Å². The van der Waals surface area contributed by atoms with Crippen LogP contribution in [0.15, 0.2) is 109 Å². The van der Waals surface area contributed by atoms with Crippen LogP contribution in [0.4, 0.5) is 0 Å². The summed E-state index contributed by atoms with van der Waals surface area (Å²) in [5.74, 6) is 4.95. The topological polar surface area (TPSA) is 94.3 Å². The molecular formula is C49H44N4O4S2. The SMILES string of the molecule is COc1ccc(-c2nc(-c3cc(C4=C(c5cc(-c6nc(-c7ccc(OC)cc7)c(-c7ccc(OC)cc7)[nH]6)sc5C)CCC4)c(C)s3)[nH]c2-c2ccc(OC)cc2)cc1. The van der Waals surface area contributed by atoms with E-state index in [2.05, 4.69) is 84.5 Å². The molecule has 0 radical (unpaired) electrons. The molecule has 4 aromatic carbocycles. The molecule has 0 fully saturated rings. The maximum Gasteiger partial charge on any atom is 0.148 e. The highest BCUT2D eigenvalue weighted by atomic mass is 32.1. The number of aromatic nitrogens is 4. The fourth-order valence-corrected chi connectivity index (χ4v) is 9.95. The Kier molecular flexibility index (Phi) is 10.4. The van der Waals surface area contributed by atoms with Crippen LogP contribution in [-0.4, -0.2) is 48.4 Å². The Balaban J connectivity index is 1.08. The van der Waals surface area contributed by atoms with Gasteiger partial charge in [0.05, 0.1) is 61.0 Å². The predicted molar refractivity (Wildman–Crippen MR) is 242 cm³/mol. The number of aromatic amines is 2. The van der Waals surface area contributed by atoms with Crippen LogP contribution in [-0.2, 0) is 0 Å². The lowest BCUT2D eigenvalue weighted by atomic mass is 9.97. The van der Waals surface area contributed by atoms with Crippen LogP contribution in [0.1, 0.15) is 40.1 Å². The van der Waals surface area contributed by atoms with Gasteiger partial charge in [-0.25, -0.2) is 9.97 Å². The second-order valence-electron chi connectivity index (χ2n) is 14.5. The summed E-state index contributed by atoms with van der Waals surface area (Å²) >= 11 is 3.58. The third-order valence-electron chi connectivity index (χ3n) is 11.1. The molecule has 1 aliphatic rings. The Morgan fingerprint density at radius 2 is 0.780 bits per heavy atom. The molecule has 2 N–H and O–H groups in total. The molecule has 296 valence electrons. The number of methoxy groups -OCH3 is 4. The van der Waals surface area contributed by atoms with Crippen molar-refractivity contribution in [2.45, 2.75) is 33.1 Å². The van der Waals surface area contributed by atoms with Crippen molar-refractivity contribution in [2.75, 3.05) is 28.4 Å². The van der Waals surface area contributed by atoms with Gasteiger partial charge in [0, 0.05) is 32.0 Å². The molecule has 0 atom stereocenters. The molecule has 59 heavy (non-hydrogen) atoms. The largest absolute Gasteiger partial charge is 0.497 e. The Morgan fingerprint density at radius 1 is 0.458 bits per heavy atom. The van der Waals surface area contributed by atoms with Crippen molar-refractivity contribution in [2.24, 2.45) is 0 Å². The van der Waals surface area contributed by atoms with Gasteiger partial charge in [0.2, 0.25) is 0 Å². The second-order valence-corrected chi connectivity index (χ2v) is 17.0. The first-order valence-electron chi connectivity index (χ1n) is 19.6. The standard InChI is InChI=1S/C49H44N4O4S2/c1-28-40(26-42(58-28)48-50-44(30-10-18-34(54-3)19-11-30)45(51-48)31-12-20-35(55-4)21-13-31)38-8-7-9-39(38)41-27-43(59-29(41)2)49-52-46(32-14-22-36(56-5)23-15-32)47(53-49)33-16-24-37(57-6)25-17-33/h10-27H,7-9H2,1-6H3,(H,50,51)(H,52,53). The zero-order chi connectivity index (χ0) is 40.6. The van der Waals surface area contributed by atoms with E-state index in [1.54, 1.807) is 51.1 Å². The Bertz CT molecular complexity index is 2470. The molecule has 0 bridgehead atoms. The number of imidazole rings is 2. The van der Waals surface area contributed by atoms with Crippen molar-refractivity contribution < 1.29 is 18.9 Å². The number of allylic oxidation sites excluding steroid dienone is 2. The number of nitrogens with one attached hydrogen (secondary N) is 2. The number of benzene rings is 4. The summed E-state index contributed by atoms with van der Waals surface area (Å²) in [6, 6.07) is 37.1. The summed E-state index contributed by atoms with van der Waals surface area (Å²) < 4.78 is 21.8. The molecule has 8 aromatic rings. The Labute approximate surface area is 352 Å². The molecular weight excluding hydrogens is 773 g/mol. The summed E-state index contributed by atoms with van der Waals surface area (Å²) in [5, 5.41) is 0. The van der Waals surface area contributed by atoms with E-state index in [1.165, 1.54) is 32.0 Å². The summed E-state index contributed by atoms with van der Waals surface area (Å²) in [5.41, 5.74) is 13.3. The Hall–Kier alpha value is -6.36. The van der Waals surface area contributed by atoms with Crippen molar-refractivity contribution >= 4 is 33.8 Å². The molecule has 0 amide bonds. The van der Waals surface area contributed by atoms with Crippen LogP contribution in [0.3, 0.4) is 0 Å². The van der Waals surface area contributed by atoms with E-state index in [-0.39, 0.29) is 0 Å². The number of aryl methyl sites for hydroxylation is 2. The summed E-state index contributed by atoms with van der Waals surface area (Å²) in [6.45, 7) is 4.47.